The molecule has 1 atom stereocenters. The predicted octanol–water partition coefficient (Wildman–Crippen LogP) is 3.60. The highest BCUT2D eigenvalue weighted by molar-refractivity contribution is 7.10. The van der Waals surface area contributed by atoms with Gasteiger partial charge in [0.15, 0.2) is 0 Å². The van der Waals surface area contributed by atoms with Crippen LogP contribution >= 0.6 is 11.3 Å². The van der Waals surface area contributed by atoms with E-state index in [9.17, 15) is 0 Å². The van der Waals surface area contributed by atoms with Crippen LogP contribution in [0.2, 0.25) is 0 Å². The van der Waals surface area contributed by atoms with E-state index in [2.05, 4.69) is 43.6 Å². The lowest BCUT2D eigenvalue weighted by Crippen LogP contribution is -2.25. The molecule has 1 heterocycles. The zero-order chi connectivity index (χ0) is 11.8. The van der Waals surface area contributed by atoms with E-state index >= 15 is 0 Å². The third kappa shape index (κ3) is 5.10. The van der Waals surface area contributed by atoms with Crippen LogP contribution in [0.25, 0.3) is 0 Å². The number of hydrogen-bond acceptors (Lipinski definition) is 3. The fourth-order valence-electron chi connectivity index (χ4n) is 1.65. The second-order valence-corrected chi connectivity index (χ2v) is 5.21. The largest absolute Gasteiger partial charge is 0.377 e. The van der Waals surface area contributed by atoms with Crippen molar-refractivity contribution in [1.82, 2.24) is 5.32 Å². The molecule has 0 spiro atoms. The molecule has 0 saturated heterocycles. The molecule has 1 unspecified atom stereocenters. The van der Waals surface area contributed by atoms with E-state index < -0.39 is 0 Å². The van der Waals surface area contributed by atoms with Crippen LogP contribution in [0.4, 0.5) is 0 Å². The summed E-state index contributed by atoms with van der Waals surface area (Å²) in [5.74, 6) is 0. The van der Waals surface area contributed by atoms with Crippen LogP contribution < -0.4 is 5.32 Å². The first-order valence-electron chi connectivity index (χ1n) is 6.12. The molecule has 1 N–H and O–H groups in total. The Hall–Kier alpha value is -0.380. The standard InChI is InChI=1S/C13H23NOS/c1-4-6-12(13-7-5-10-16-13)14-8-9-15-11(2)3/h5,7,10-12,14H,4,6,8-9H2,1-3H3. The highest BCUT2D eigenvalue weighted by Gasteiger charge is 2.10. The first-order chi connectivity index (χ1) is 7.74. The number of nitrogens with one attached hydrogen (secondary N) is 1. The first-order valence-corrected chi connectivity index (χ1v) is 7.00. The number of rotatable bonds is 8. The van der Waals surface area contributed by atoms with Gasteiger partial charge in [0.05, 0.1) is 12.7 Å². The van der Waals surface area contributed by atoms with E-state index in [0.717, 1.165) is 13.2 Å². The second kappa shape index (κ2) is 7.82. The zero-order valence-electron chi connectivity index (χ0n) is 10.5. The molecule has 0 amide bonds. The molecular weight excluding hydrogens is 218 g/mol. The molecule has 3 heteroatoms. The maximum absolute atomic E-state index is 5.53. The van der Waals surface area contributed by atoms with Gasteiger partial charge in [0, 0.05) is 17.5 Å². The first kappa shape index (κ1) is 13.7. The van der Waals surface area contributed by atoms with Gasteiger partial charge in [-0.1, -0.05) is 19.4 Å². The molecule has 0 saturated carbocycles. The molecule has 0 aromatic carbocycles. The normalized spacial score (nSPS) is 13.2. The predicted molar refractivity (Wildman–Crippen MR) is 71.1 cm³/mol. The minimum absolute atomic E-state index is 0.327. The van der Waals surface area contributed by atoms with Crippen LogP contribution in [0.15, 0.2) is 17.5 Å². The molecule has 1 rings (SSSR count). The molecule has 1 aromatic rings. The van der Waals surface area contributed by atoms with Gasteiger partial charge in [-0.05, 0) is 31.7 Å². The summed E-state index contributed by atoms with van der Waals surface area (Å²) in [6.07, 6.45) is 2.73. The average Bonchev–Trinajstić information content (AvgIpc) is 2.75. The summed E-state index contributed by atoms with van der Waals surface area (Å²) in [6.45, 7) is 8.10. The van der Waals surface area contributed by atoms with E-state index in [1.54, 1.807) is 0 Å². The van der Waals surface area contributed by atoms with Gasteiger partial charge in [-0.25, -0.2) is 0 Å². The Morgan fingerprint density at radius 1 is 1.44 bits per heavy atom. The smallest absolute Gasteiger partial charge is 0.0594 e. The monoisotopic (exact) mass is 241 g/mol. The fraction of sp³-hybridized carbons (Fsp3) is 0.692. The van der Waals surface area contributed by atoms with Crippen molar-refractivity contribution in [1.29, 1.82) is 0 Å². The zero-order valence-corrected chi connectivity index (χ0v) is 11.3. The Morgan fingerprint density at radius 3 is 2.81 bits per heavy atom. The molecule has 0 fully saturated rings. The van der Waals surface area contributed by atoms with Crippen LogP contribution in [0.3, 0.4) is 0 Å². The van der Waals surface area contributed by atoms with Crippen molar-refractivity contribution in [2.24, 2.45) is 0 Å². The maximum atomic E-state index is 5.53. The Bertz CT molecular complexity index is 259. The Morgan fingerprint density at radius 2 is 2.25 bits per heavy atom. The summed E-state index contributed by atoms with van der Waals surface area (Å²) in [5.41, 5.74) is 0. The van der Waals surface area contributed by atoms with Crippen molar-refractivity contribution in [3.63, 3.8) is 0 Å². The van der Waals surface area contributed by atoms with Gasteiger partial charge in [-0.2, -0.15) is 0 Å². The van der Waals surface area contributed by atoms with E-state index in [1.165, 1.54) is 17.7 Å². The van der Waals surface area contributed by atoms with Crippen molar-refractivity contribution < 1.29 is 4.74 Å². The second-order valence-electron chi connectivity index (χ2n) is 4.23. The molecular formula is C13H23NOS. The summed E-state index contributed by atoms with van der Waals surface area (Å²) in [7, 11) is 0. The molecule has 0 bridgehead atoms. The summed E-state index contributed by atoms with van der Waals surface area (Å²) >= 11 is 1.83. The molecule has 0 radical (unpaired) electrons. The quantitative estimate of drug-likeness (QED) is 0.702. The SMILES string of the molecule is CCCC(NCCOC(C)C)c1cccs1. The minimum Gasteiger partial charge on any atom is -0.377 e. The summed E-state index contributed by atoms with van der Waals surface area (Å²) < 4.78 is 5.53. The summed E-state index contributed by atoms with van der Waals surface area (Å²) in [6, 6.07) is 4.83. The van der Waals surface area contributed by atoms with Crippen molar-refractivity contribution in [3.8, 4) is 0 Å². The minimum atomic E-state index is 0.327. The fourth-order valence-corrected chi connectivity index (χ4v) is 2.49. The lowest BCUT2D eigenvalue weighted by Gasteiger charge is -2.17. The van der Waals surface area contributed by atoms with Crippen molar-refractivity contribution in [2.45, 2.75) is 45.8 Å². The Labute approximate surface area is 103 Å². The molecule has 0 aliphatic heterocycles. The van der Waals surface area contributed by atoms with Crippen molar-refractivity contribution in [2.75, 3.05) is 13.2 Å². The van der Waals surface area contributed by atoms with Crippen LogP contribution in [0.5, 0.6) is 0 Å². The van der Waals surface area contributed by atoms with Gasteiger partial charge in [0.1, 0.15) is 0 Å². The molecule has 0 aliphatic carbocycles. The molecule has 1 aromatic heterocycles. The highest BCUT2D eigenvalue weighted by Crippen LogP contribution is 2.22. The van der Waals surface area contributed by atoms with E-state index in [0.29, 0.717) is 12.1 Å². The molecule has 92 valence electrons. The van der Waals surface area contributed by atoms with Crippen LogP contribution in [-0.2, 0) is 4.74 Å². The van der Waals surface area contributed by atoms with Gasteiger partial charge >= 0.3 is 0 Å². The molecule has 0 aliphatic rings. The Balaban J connectivity index is 2.29. The number of hydrogen-bond donors (Lipinski definition) is 1. The van der Waals surface area contributed by atoms with Gasteiger partial charge in [-0.3, -0.25) is 0 Å². The summed E-state index contributed by atoms with van der Waals surface area (Å²) in [4.78, 5) is 1.44. The number of ether oxygens (including phenoxy) is 1. The van der Waals surface area contributed by atoms with E-state index in [-0.39, 0.29) is 0 Å². The maximum Gasteiger partial charge on any atom is 0.0594 e. The average molecular weight is 241 g/mol. The Kier molecular flexibility index (Phi) is 6.69. The van der Waals surface area contributed by atoms with Gasteiger partial charge < -0.3 is 10.1 Å². The van der Waals surface area contributed by atoms with Gasteiger partial charge in [-0.15, -0.1) is 11.3 Å². The van der Waals surface area contributed by atoms with Gasteiger partial charge in [0.2, 0.25) is 0 Å². The van der Waals surface area contributed by atoms with Crippen molar-refractivity contribution in [3.05, 3.63) is 22.4 Å². The van der Waals surface area contributed by atoms with Crippen LogP contribution in [0.1, 0.15) is 44.5 Å². The third-order valence-electron chi connectivity index (χ3n) is 2.41. The number of thiophene rings is 1. The molecule has 16 heavy (non-hydrogen) atoms. The molecule has 2 nitrogen and oxygen atoms in total. The lowest BCUT2D eigenvalue weighted by molar-refractivity contribution is 0.0792. The topological polar surface area (TPSA) is 21.3 Å². The summed E-state index contributed by atoms with van der Waals surface area (Å²) in [5, 5.41) is 5.71. The van der Waals surface area contributed by atoms with Crippen LogP contribution in [0, 0.1) is 0 Å². The van der Waals surface area contributed by atoms with Gasteiger partial charge in [0.25, 0.3) is 0 Å². The third-order valence-corrected chi connectivity index (χ3v) is 3.39. The highest BCUT2D eigenvalue weighted by atomic mass is 32.1. The lowest BCUT2D eigenvalue weighted by atomic mass is 10.1. The van der Waals surface area contributed by atoms with E-state index in [1.807, 2.05) is 11.3 Å². The van der Waals surface area contributed by atoms with E-state index in [4.69, 9.17) is 4.74 Å². The van der Waals surface area contributed by atoms with Crippen LogP contribution in [-0.4, -0.2) is 19.3 Å². The van der Waals surface area contributed by atoms with Crippen molar-refractivity contribution >= 4 is 11.3 Å².